The minimum atomic E-state index is 0. The van der Waals surface area contributed by atoms with Gasteiger partial charge in [-0.3, -0.25) is 4.98 Å². The van der Waals surface area contributed by atoms with Crippen LogP contribution in [-0.2, 0) is 12.8 Å². The summed E-state index contributed by atoms with van der Waals surface area (Å²) in [5, 5.41) is 0. The lowest BCUT2D eigenvalue weighted by atomic mass is 10.0. The number of para-hydroxylation sites is 1. The molecular weight excluding hydrogens is 255 g/mol. The zero-order chi connectivity index (χ0) is 10.5. The third-order valence-electron chi connectivity index (χ3n) is 2.46. The number of anilines is 1. The molecule has 1 heterocycles. The molecule has 2 aromatic rings. The van der Waals surface area contributed by atoms with Gasteiger partial charge >= 0.3 is 0 Å². The number of aromatic nitrogens is 1. The van der Waals surface area contributed by atoms with E-state index in [1.807, 2.05) is 30.5 Å². The fourth-order valence-electron chi connectivity index (χ4n) is 1.59. The Morgan fingerprint density at radius 1 is 0.941 bits per heavy atom. The van der Waals surface area contributed by atoms with E-state index in [0.29, 0.717) is 0 Å². The van der Waals surface area contributed by atoms with Gasteiger partial charge in [-0.2, -0.15) is 0 Å². The molecule has 17 heavy (non-hydrogen) atoms. The molecule has 2 nitrogen and oxygen atoms in total. The van der Waals surface area contributed by atoms with Crippen LogP contribution in [0.25, 0.3) is 0 Å². The molecule has 0 aliphatic carbocycles. The van der Waals surface area contributed by atoms with Crippen LogP contribution in [0.2, 0.25) is 0 Å². The van der Waals surface area contributed by atoms with Crippen molar-refractivity contribution in [3.63, 3.8) is 0 Å². The Hall–Kier alpha value is -1.25. The van der Waals surface area contributed by atoms with Crippen molar-refractivity contribution in [3.8, 4) is 0 Å². The number of pyridine rings is 1. The van der Waals surface area contributed by atoms with Gasteiger partial charge in [0.25, 0.3) is 0 Å². The summed E-state index contributed by atoms with van der Waals surface area (Å²) in [5.74, 6) is 0. The van der Waals surface area contributed by atoms with E-state index >= 15 is 0 Å². The first-order valence-corrected chi connectivity index (χ1v) is 5.08. The molecule has 0 atom stereocenters. The van der Waals surface area contributed by atoms with Crippen LogP contribution >= 0.6 is 24.8 Å². The van der Waals surface area contributed by atoms with Crippen molar-refractivity contribution in [1.29, 1.82) is 0 Å². The van der Waals surface area contributed by atoms with E-state index in [0.717, 1.165) is 18.5 Å². The summed E-state index contributed by atoms with van der Waals surface area (Å²) in [6.45, 7) is 0. The maximum absolute atomic E-state index is 5.87. The number of hydrogen-bond donors (Lipinski definition) is 1. The van der Waals surface area contributed by atoms with Crippen LogP contribution in [0.15, 0.2) is 48.8 Å². The molecule has 0 aliphatic rings. The molecule has 0 bridgehead atoms. The average molecular weight is 271 g/mol. The summed E-state index contributed by atoms with van der Waals surface area (Å²) >= 11 is 0. The summed E-state index contributed by atoms with van der Waals surface area (Å²) in [4.78, 5) is 4.09. The predicted octanol–water partition coefficient (Wildman–Crippen LogP) is 3.29. The standard InChI is InChI=1S/C13H14N2.2ClH/c14-13-6-2-1-5-12(13)8-7-11-4-3-9-15-10-11;;/h1-6,9-10H,7-8,14H2;2*1H. The fraction of sp³-hybridized carbons (Fsp3) is 0.154. The van der Waals surface area contributed by atoms with Crippen LogP contribution in [0.3, 0.4) is 0 Å². The van der Waals surface area contributed by atoms with Crippen molar-refractivity contribution in [2.75, 3.05) is 5.73 Å². The number of aryl methyl sites for hydroxylation is 2. The average Bonchev–Trinajstić information content (AvgIpc) is 2.29. The Kier molecular flexibility index (Phi) is 7.35. The van der Waals surface area contributed by atoms with Crippen molar-refractivity contribution in [2.45, 2.75) is 12.8 Å². The molecule has 0 spiro atoms. The lowest BCUT2D eigenvalue weighted by Crippen LogP contribution is -1.96. The Morgan fingerprint density at radius 3 is 2.35 bits per heavy atom. The Balaban J connectivity index is 0.00000128. The summed E-state index contributed by atoms with van der Waals surface area (Å²) in [7, 11) is 0. The molecule has 2 N–H and O–H groups in total. The molecule has 0 saturated heterocycles. The van der Waals surface area contributed by atoms with Crippen LogP contribution in [0, 0.1) is 0 Å². The molecule has 0 saturated carbocycles. The van der Waals surface area contributed by atoms with Gasteiger partial charge in [0.2, 0.25) is 0 Å². The van der Waals surface area contributed by atoms with Crippen molar-refractivity contribution in [1.82, 2.24) is 4.98 Å². The first-order chi connectivity index (χ1) is 7.36. The number of nitrogens with zero attached hydrogens (tertiary/aromatic N) is 1. The van der Waals surface area contributed by atoms with Gasteiger partial charge in [-0.25, -0.2) is 0 Å². The fourth-order valence-corrected chi connectivity index (χ4v) is 1.59. The van der Waals surface area contributed by atoms with Crippen molar-refractivity contribution < 1.29 is 0 Å². The minimum Gasteiger partial charge on any atom is -0.399 e. The lowest BCUT2D eigenvalue weighted by molar-refractivity contribution is 0.952. The molecule has 92 valence electrons. The first kappa shape index (κ1) is 15.8. The molecule has 2 rings (SSSR count). The molecule has 1 aromatic heterocycles. The van der Waals surface area contributed by atoms with Gasteiger partial charge in [0.15, 0.2) is 0 Å². The number of hydrogen-bond acceptors (Lipinski definition) is 2. The van der Waals surface area contributed by atoms with Gasteiger partial charge in [-0.15, -0.1) is 24.8 Å². The molecule has 0 radical (unpaired) electrons. The van der Waals surface area contributed by atoms with E-state index in [1.165, 1.54) is 11.1 Å². The highest BCUT2D eigenvalue weighted by Crippen LogP contribution is 2.13. The monoisotopic (exact) mass is 270 g/mol. The second-order valence-corrected chi connectivity index (χ2v) is 3.56. The van der Waals surface area contributed by atoms with Crippen LogP contribution < -0.4 is 5.73 Å². The van der Waals surface area contributed by atoms with Gasteiger partial charge in [-0.1, -0.05) is 24.3 Å². The summed E-state index contributed by atoms with van der Waals surface area (Å²) in [6, 6.07) is 12.1. The second-order valence-electron chi connectivity index (χ2n) is 3.56. The van der Waals surface area contributed by atoms with Crippen molar-refractivity contribution in [2.24, 2.45) is 0 Å². The van der Waals surface area contributed by atoms with Gasteiger partial charge < -0.3 is 5.73 Å². The van der Waals surface area contributed by atoms with Crippen molar-refractivity contribution >= 4 is 30.5 Å². The zero-order valence-corrected chi connectivity index (χ0v) is 11.0. The Morgan fingerprint density at radius 2 is 1.71 bits per heavy atom. The zero-order valence-electron chi connectivity index (χ0n) is 9.37. The highest BCUT2D eigenvalue weighted by atomic mass is 35.5. The predicted molar refractivity (Wildman–Crippen MR) is 77.0 cm³/mol. The smallest absolute Gasteiger partial charge is 0.0346 e. The topological polar surface area (TPSA) is 38.9 Å². The largest absolute Gasteiger partial charge is 0.399 e. The molecule has 0 amide bonds. The molecule has 0 fully saturated rings. The molecular formula is C13H16Cl2N2. The van der Waals surface area contributed by atoms with E-state index in [4.69, 9.17) is 5.73 Å². The Labute approximate surface area is 114 Å². The van der Waals surface area contributed by atoms with Gasteiger partial charge in [0, 0.05) is 18.1 Å². The van der Waals surface area contributed by atoms with Gasteiger partial charge in [-0.05, 0) is 36.1 Å². The number of halogens is 2. The third kappa shape index (κ3) is 4.63. The quantitative estimate of drug-likeness (QED) is 0.870. The van der Waals surface area contributed by atoms with E-state index in [2.05, 4.69) is 17.1 Å². The maximum Gasteiger partial charge on any atom is 0.0346 e. The highest BCUT2D eigenvalue weighted by molar-refractivity contribution is 5.85. The van der Waals surface area contributed by atoms with Gasteiger partial charge in [0.05, 0.1) is 0 Å². The van der Waals surface area contributed by atoms with E-state index in [1.54, 1.807) is 6.20 Å². The van der Waals surface area contributed by atoms with E-state index in [-0.39, 0.29) is 24.8 Å². The number of rotatable bonds is 3. The highest BCUT2D eigenvalue weighted by Gasteiger charge is 1.98. The van der Waals surface area contributed by atoms with Crippen LogP contribution in [0.4, 0.5) is 5.69 Å². The maximum atomic E-state index is 5.87. The molecule has 1 aromatic carbocycles. The van der Waals surface area contributed by atoms with E-state index < -0.39 is 0 Å². The minimum absolute atomic E-state index is 0. The number of benzene rings is 1. The second kappa shape index (κ2) is 7.93. The number of nitrogen functional groups attached to an aromatic ring is 1. The summed E-state index contributed by atoms with van der Waals surface area (Å²) < 4.78 is 0. The van der Waals surface area contributed by atoms with Crippen LogP contribution in [0.5, 0.6) is 0 Å². The van der Waals surface area contributed by atoms with Crippen LogP contribution in [-0.4, -0.2) is 4.98 Å². The summed E-state index contributed by atoms with van der Waals surface area (Å²) in [6.07, 6.45) is 5.65. The molecule has 0 aliphatic heterocycles. The lowest BCUT2D eigenvalue weighted by Gasteiger charge is -2.04. The summed E-state index contributed by atoms with van der Waals surface area (Å²) in [5.41, 5.74) is 9.21. The molecule has 4 heteroatoms. The van der Waals surface area contributed by atoms with Crippen LogP contribution in [0.1, 0.15) is 11.1 Å². The Bertz CT molecular complexity index is 432. The van der Waals surface area contributed by atoms with E-state index in [9.17, 15) is 0 Å². The third-order valence-corrected chi connectivity index (χ3v) is 2.46. The van der Waals surface area contributed by atoms with Gasteiger partial charge in [0.1, 0.15) is 0 Å². The normalized spacial score (nSPS) is 8.94. The number of nitrogens with two attached hydrogens (primary N) is 1. The van der Waals surface area contributed by atoms with Crippen molar-refractivity contribution in [3.05, 3.63) is 59.9 Å². The SMILES string of the molecule is Cl.Cl.Nc1ccccc1CCc1cccnc1. The first-order valence-electron chi connectivity index (χ1n) is 5.08. The molecule has 0 unspecified atom stereocenters.